The lowest BCUT2D eigenvalue weighted by atomic mass is 9.99. The zero-order valence-electron chi connectivity index (χ0n) is 19.6. The molecule has 2 aromatic carbocycles. The molecule has 5 rings (SSSR count). The molecule has 182 valence electrons. The molecule has 0 saturated carbocycles. The third-order valence-corrected chi connectivity index (χ3v) is 7.11. The highest BCUT2D eigenvalue weighted by atomic mass is 32.1. The second-order valence-corrected chi connectivity index (χ2v) is 9.41. The molecule has 35 heavy (non-hydrogen) atoms. The van der Waals surface area contributed by atoms with Gasteiger partial charge in [-0.25, -0.2) is 4.98 Å². The fourth-order valence-corrected chi connectivity index (χ4v) is 5.19. The Kier molecular flexibility index (Phi) is 6.74. The third-order valence-electron chi connectivity index (χ3n) is 6.78. The molecule has 2 N–H and O–H groups in total. The fraction of sp³-hybridized carbons (Fsp3) is 0.333. The van der Waals surface area contributed by atoms with Crippen molar-refractivity contribution < 1.29 is 19.7 Å². The first-order chi connectivity index (χ1) is 17.0. The first-order valence-electron chi connectivity index (χ1n) is 11.9. The minimum atomic E-state index is -0.226. The maximum atomic E-state index is 9.66. The van der Waals surface area contributed by atoms with Crippen molar-refractivity contribution in [2.24, 2.45) is 0 Å². The van der Waals surface area contributed by atoms with Crippen LogP contribution in [0.25, 0.3) is 0 Å². The summed E-state index contributed by atoms with van der Waals surface area (Å²) in [6.45, 7) is 5.39. The number of phenolic OH excluding ortho intramolecular Hbond substituents is 2. The molecule has 0 bridgehead atoms. The minimum Gasteiger partial charge on any atom is -0.504 e. The second-order valence-electron chi connectivity index (χ2n) is 9.06. The summed E-state index contributed by atoms with van der Waals surface area (Å²) >= 11 is 5.57. The van der Waals surface area contributed by atoms with Gasteiger partial charge in [-0.2, -0.15) is 0 Å². The van der Waals surface area contributed by atoms with Crippen molar-refractivity contribution in [1.82, 2.24) is 14.8 Å². The van der Waals surface area contributed by atoms with E-state index >= 15 is 0 Å². The van der Waals surface area contributed by atoms with Crippen LogP contribution < -0.4 is 4.74 Å². The van der Waals surface area contributed by atoms with Crippen molar-refractivity contribution in [2.45, 2.75) is 38.4 Å². The summed E-state index contributed by atoms with van der Waals surface area (Å²) in [5.74, 6) is 0.454. The van der Waals surface area contributed by atoms with E-state index in [1.54, 1.807) is 6.07 Å². The zero-order valence-corrected chi connectivity index (χ0v) is 20.4. The van der Waals surface area contributed by atoms with Gasteiger partial charge in [0, 0.05) is 43.5 Å². The number of ether oxygens (including phenoxy) is 2. The summed E-state index contributed by atoms with van der Waals surface area (Å²) in [5, 5.41) is 19.7. The highest BCUT2D eigenvalue weighted by Crippen LogP contribution is 2.34. The largest absolute Gasteiger partial charge is 0.504 e. The quantitative estimate of drug-likeness (QED) is 0.372. The van der Waals surface area contributed by atoms with Gasteiger partial charge >= 0.3 is 0 Å². The molecular formula is C27H29N3O4S. The van der Waals surface area contributed by atoms with Crippen LogP contribution in [0.4, 0.5) is 0 Å². The Bertz CT molecular complexity index is 1200. The lowest BCUT2D eigenvalue weighted by molar-refractivity contribution is 0.135. The Morgan fingerprint density at radius 3 is 2.51 bits per heavy atom. The SMILES string of the molecule is Cc1nc(Oc2ccc(O)c(O)c2)ccc1CN1CCC(N2C(=S)OC[C@H]2c2ccccc2)CC1. The Morgan fingerprint density at radius 1 is 1.03 bits per heavy atom. The van der Waals surface area contributed by atoms with Gasteiger partial charge in [-0.1, -0.05) is 36.4 Å². The van der Waals surface area contributed by atoms with Crippen molar-refractivity contribution in [3.05, 3.63) is 77.5 Å². The van der Waals surface area contributed by atoms with Gasteiger partial charge in [0.1, 0.15) is 12.4 Å². The van der Waals surface area contributed by atoms with E-state index in [0.29, 0.717) is 29.5 Å². The summed E-state index contributed by atoms with van der Waals surface area (Å²) in [4.78, 5) is 9.35. The van der Waals surface area contributed by atoms with Crippen LogP contribution in [0.5, 0.6) is 23.1 Å². The van der Waals surface area contributed by atoms with Crippen molar-refractivity contribution in [1.29, 1.82) is 0 Å². The van der Waals surface area contributed by atoms with Gasteiger partial charge < -0.3 is 24.6 Å². The Hall–Kier alpha value is -3.36. The van der Waals surface area contributed by atoms with Gasteiger partial charge in [0.2, 0.25) is 5.88 Å². The van der Waals surface area contributed by atoms with Crippen molar-refractivity contribution in [3.8, 4) is 23.1 Å². The molecule has 1 aromatic heterocycles. The molecule has 2 aliphatic heterocycles. The molecule has 2 fully saturated rings. The Balaban J connectivity index is 1.19. The van der Waals surface area contributed by atoms with E-state index in [9.17, 15) is 10.2 Å². The molecule has 0 aliphatic carbocycles. The number of aryl methyl sites for hydroxylation is 1. The third kappa shape index (κ3) is 5.18. The standard InChI is InChI=1S/C27H29N3O4S/c1-18-20(7-10-26(28-18)34-22-8-9-24(31)25(32)15-22)16-29-13-11-21(12-14-29)30-23(17-33-27(30)35)19-5-3-2-4-6-19/h2-10,15,21,23,31-32H,11-14,16-17H2,1H3/t23-/m0/s1. The lowest BCUT2D eigenvalue weighted by Gasteiger charge is -2.39. The van der Waals surface area contributed by atoms with Crippen molar-refractivity contribution >= 4 is 17.4 Å². The Morgan fingerprint density at radius 2 is 1.80 bits per heavy atom. The predicted molar refractivity (Wildman–Crippen MR) is 137 cm³/mol. The number of rotatable bonds is 6. The van der Waals surface area contributed by atoms with Crippen LogP contribution in [0.1, 0.15) is 35.7 Å². The van der Waals surface area contributed by atoms with Crippen molar-refractivity contribution in [3.63, 3.8) is 0 Å². The smallest absolute Gasteiger partial charge is 0.260 e. The molecule has 0 amide bonds. The highest BCUT2D eigenvalue weighted by Gasteiger charge is 2.37. The van der Waals surface area contributed by atoms with Gasteiger partial charge in [-0.05, 0) is 55.2 Å². The van der Waals surface area contributed by atoms with E-state index in [1.807, 2.05) is 25.1 Å². The lowest BCUT2D eigenvalue weighted by Crippen LogP contribution is -2.45. The summed E-state index contributed by atoms with van der Waals surface area (Å²) in [6, 6.07) is 19.3. The Labute approximate surface area is 210 Å². The van der Waals surface area contributed by atoms with Gasteiger partial charge in [-0.3, -0.25) is 4.90 Å². The van der Waals surface area contributed by atoms with E-state index in [1.165, 1.54) is 17.7 Å². The molecule has 0 unspecified atom stereocenters. The number of hydrogen-bond acceptors (Lipinski definition) is 7. The molecule has 7 nitrogen and oxygen atoms in total. The number of thiocarbonyl (C=S) groups is 1. The number of phenols is 2. The topological polar surface area (TPSA) is 78.3 Å². The number of aromatic hydroxyl groups is 2. The van der Waals surface area contributed by atoms with Gasteiger partial charge in [-0.15, -0.1) is 0 Å². The van der Waals surface area contributed by atoms with Crippen molar-refractivity contribution in [2.75, 3.05) is 19.7 Å². The maximum Gasteiger partial charge on any atom is 0.260 e. The summed E-state index contributed by atoms with van der Waals surface area (Å²) in [6.07, 6.45) is 2.07. The number of likely N-dealkylation sites (tertiary alicyclic amines) is 1. The van der Waals surface area contributed by atoms with E-state index in [4.69, 9.17) is 21.7 Å². The van der Waals surface area contributed by atoms with Crippen LogP contribution in [0, 0.1) is 6.92 Å². The molecule has 1 atom stereocenters. The minimum absolute atomic E-state index is 0.185. The maximum absolute atomic E-state index is 9.66. The second kappa shape index (κ2) is 10.1. The molecular weight excluding hydrogens is 462 g/mol. The van der Waals surface area contributed by atoms with Crippen LogP contribution in [0.15, 0.2) is 60.7 Å². The average molecular weight is 492 g/mol. The first kappa shape index (κ1) is 23.4. The number of hydrogen-bond donors (Lipinski definition) is 2. The summed E-state index contributed by atoms with van der Waals surface area (Å²) in [5.41, 5.74) is 3.32. The van der Waals surface area contributed by atoms with Crippen LogP contribution in [0.3, 0.4) is 0 Å². The highest BCUT2D eigenvalue weighted by molar-refractivity contribution is 7.80. The van der Waals surface area contributed by atoms with Gasteiger partial charge in [0.05, 0.1) is 6.04 Å². The fourth-order valence-electron chi connectivity index (χ4n) is 4.84. The molecule has 3 aromatic rings. The monoisotopic (exact) mass is 491 g/mol. The zero-order chi connectivity index (χ0) is 24.4. The summed E-state index contributed by atoms with van der Waals surface area (Å²) < 4.78 is 11.5. The normalized spacial score (nSPS) is 19.1. The van der Waals surface area contributed by atoms with Gasteiger partial charge in [0.25, 0.3) is 5.17 Å². The predicted octanol–water partition coefficient (Wildman–Crippen LogP) is 4.92. The molecule has 2 aliphatic rings. The average Bonchev–Trinajstić information content (AvgIpc) is 3.25. The number of benzene rings is 2. The van der Waals surface area contributed by atoms with E-state index in [0.717, 1.165) is 43.7 Å². The van der Waals surface area contributed by atoms with Gasteiger partial charge in [0.15, 0.2) is 11.5 Å². The molecule has 3 heterocycles. The molecule has 2 saturated heterocycles. The number of piperidine rings is 1. The molecule has 0 spiro atoms. The first-order valence-corrected chi connectivity index (χ1v) is 12.3. The van der Waals surface area contributed by atoms with Crippen LogP contribution >= 0.6 is 12.2 Å². The van der Waals surface area contributed by atoms with Crippen LogP contribution in [-0.4, -0.2) is 55.9 Å². The number of aromatic nitrogens is 1. The van der Waals surface area contributed by atoms with E-state index in [2.05, 4.69) is 39.0 Å². The molecule has 0 radical (unpaired) electrons. The summed E-state index contributed by atoms with van der Waals surface area (Å²) in [7, 11) is 0. The van der Waals surface area contributed by atoms with E-state index in [-0.39, 0.29) is 17.5 Å². The van der Waals surface area contributed by atoms with Crippen LogP contribution in [0.2, 0.25) is 0 Å². The van der Waals surface area contributed by atoms with Crippen LogP contribution in [-0.2, 0) is 11.3 Å². The number of pyridine rings is 1. The number of nitrogens with zero attached hydrogens (tertiary/aromatic N) is 3. The molecule has 8 heteroatoms. The van der Waals surface area contributed by atoms with E-state index < -0.39 is 0 Å².